The Hall–Kier alpha value is -1.28. The summed E-state index contributed by atoms with van der Waals surface area (Å²) in [5.41, 5.74) is 20.0. The van der Waals surface area contributed by atoms with E-state index < -0.39 is 0 Å². The van der Waals surface area contributed by atoms with Crippen LogP contribution in [0.1, 0.15) is 71.6 Å². The van der Waals surface area contributed by atoms with Crippen molar-refractivity contribution in [1.82, 2.24) is 10.9 Å². The molecule has 4 aliphatic carbocycles. The molecule has 6 N–H and O–H groups in total. The minimum Gasteiger partial charge on any atom is -0.375 e. The molecule has 0 aromatic heterocycles. The highest BCUT2D eigenvalue weighted by Gasteiger charge is 2.59. The first-order chi connectivity index (χ1) is 13.7. The van der Waals surface area contributed by atoms with E-state index in [-0.39, 0.29) is 15.6 Å². The largest absolute Gasteiger partial charge is 0.375 e. The summed E-state index contributed by atoms with van der Waals surface area (Å²) in [4.78, 5) is 0. The summed E-state index contributed by atoms with van der Waals surface area (Å²) in [5.74, 6) is 3.07. The first-order valence-electron chi connectivity index (χ1n) is 11.0. The fourth-order valence-electron chi connectivity index (χ4n) is 7.39. The molecule has 6 nitrogen and oxygen atoms in total. The molecule has 0 aromatic carbocycles. The van der Waals surface area contributed by atoms with Gasteiger partial charge in [-0.3, -0.25) is 10.9 Å². The Bertz CT molecular complexity index is 764. The van der Waals surface area contributed by atoms with Crippen LogP contribution < -0.4 is 22.3 Å². The van der Waals surface area contributed by atoms with Crippen molar-refractivity contribution in [2.75, 3.05) is 0 Å². The molecule has 4 aliphatic rings. The molecule has 160 valence electrons. The Morgan fingerprint density at radius 3 is 2.38 bits per heavy atom. The van der Waals surface area contributed by atoms with Crippen LogP contribution in [0.5, 0.6) is 0 Å². The zero-order valence-electron chi connectivity index (χ0n) is 17.5. The van der Waals surface area contributed by atoms with Crippen LogP contribution in [0.3, 0.4) is 0 Å². The summed E-state index contributed by atoms with van der Waals surface area (Å²) >= 11 is 9.86. The van der Waals surface area contributed by atoms with Crippen LogP contribution >= 0.6 is 24.4 Å². The summed E-state index contributed by atoms with van der Waals surface area (Å²) < 4.78 is 0. The van der Waals surface area contributed by atoms with Crippen molar-refractivity contribution in [3.05, 3.63) is 0 Å². The van der Waals surface area contributed by atoms with Gasteiger partial charge >= 0.3 is 0 Å². The number of thiocarbonyl (C=S) groups is 2. The third-order valence-corrected chi connectivity index (χ3v) is 9.05. The highest BCUT2D eigenvalue weighted by Crippen LogP contribution is 2.65. The topological polar surface area (TPSA) is 101 Å². The molecule has 29 heavy (non-hydrogen) atoms. The molecule has 4 fully saturated rings. The Labute approximate surface area is 184 Å². The van der Waals surface area contributed by atoms with Gasteiger partial charge < -0.3 is 11.5 Å². The minimum absolute atomic E-state index is 0.199. The van der Waals surface area contributed by atoms with Crippen LogP contribution in [0.2, 0.25) is 0 Å². The molecule has 0 saturated heterocycles. The normalized spacial score (nSPS) is 43.9. The average molecular weight is 435 g/mol. The quantitative estimate of drug-likeness (QED) is 0.392. The van der Waals surface area contributed by atoms with Gasteiger partial charge in [-0.15, -0.1) is 0 Å². The zero-order chi connectivity index (χ0) is 20.8. The fraction of sp³-hybridized carbons (Fsp3) is 0.810. The Balaban J connectivity index is 1.51. The highest BCUT2D eigenvalue weighted by molar-refractivity contribution is 7.80. The maximum Gasteiger partial charge on any atom is 0.184 e. The van der Waals surface area contributed by atoms with Gasteiger partial charge in [-0.25, -0.2) is 0 Å². The summed E-state index contributed by atoms with van der Waals surface area (Å²) in [6.07, 6.45) is 10.8. The number of rotatable bonds is 2. The van der Waals surface area contributed by atoms with E-state index in [1.54, 1.807) is 0 Å². The highest BCUT2D eigenvalue weighted by atomic mass is 32.1. The van der Waals surface area contributed by atoms with Crippen LogP contribution in [0.25, 0.3) is 0 Å². The predicted molar refractivity (Wildman–Crippen MR) is 126 cm³/mol. The van der Waals surface area contributed by atoms with Gasteiger partial charge in [0.05, 0.1) is 0 Å². The molecule has 6 atom stereocenters. The summed E-state index contributed by atoms with van der Waals surface area (Å²) in [7, 11) is 0. The molecule has 0 spiro atoms. The molecule has 0 aromatic rings. The molecule has 8 heteroatoms. The fourth-order valence-corrected chi connectivity index (χ4v) is 7.48. The van der Waals surface area contributed by atoms with Crippen LogP contribution in [-0.2, 0) is 0 Å². The Kier molecular flexibility index (Phi) is 5.61. The van der Waals surface area contributed by atoms with Crippen LogP contribution in [0.4, 0.5) is 0 Å². The van der Waals surface area contributed by atoms with E-state index in [9.17, 15) is 0 Å². The first kappa shape index (κ1) is 21.0. The van der Waals surface area contributed by atoms with Crippen molar-refractivity contribution in [2.45, 2.75) is 71.6 Å². The molecule has 0 amide bonds. The van der Waals surface area contributed by atoms with E-state index in [2.05, 4.69) is 34.9 Å². The monoisotopic (exact) mass is 434 g/mol. The number of nitrogens with one attached hydrogen (secondary N) is 2. The van der Waals surface area contributed by atoms with Gasteiger partial charge in [-0.1, -0.05) is 13.8 Å². The second kappa shape index (κ2) is 7.76. The van der Waals surface area contributed by atoms with Gasteiger partial charge in [-0.05, 0) is 111 Å². The van der Waals surface area contributed by atoms with Crippen LogP contribution in [-0.4, -0.2) is 21.6 Å². The smallest absolute Gasteiger partial charge is 0.184 e. The lowest BCUT2D eigenvalue weighted by Gasteiger charge is -2.59. The molecule has 0 radical (unpaired) electrons. The minimum atomic E-state index is 0.199. The van der Waals surface area contributed by atoms with Gasteiger partial charge in [-0.2, -0.15) is 10.2 Å². The van der Waals surface area contributed by atoms with Crippen molar-refractivity contribution < 1.29 is 0 Å². The van der Waals surface area contributed by atoms with Gasteiger partial charge in [0, 0.05) is 16.8 Å². The number of fused-ring (bicyclic) bond motifs is 5. The maximum atomic E-state index is 5.61. The van der Waals surface area contributed by atoms with Crippen molar-refractivity contribution in [3.8, 4) is 0 Å². The molecule has 0 bridgehead atoms. The molecular weight excluding hydrogens is 400 g/mol. The van der Waals surface area contributed by atoms with Gasteiger partial charge in [0.2, 0.25) is 0 Å². The van der Waals surface area contributed by atoms with Crippen LogP contribution in [0, 0.1) is 34.5 Å². The third-order valence-electron chi connectivity index (χ3n) is 8.87. The van der Waals surface area contributed by atoms with Crippen molar-refractivity contribution in [1.29, 1.82) is 0 Å². The number of nitrogens with two attached hydrogens (primary N) is 2. The van der Waals surface area contributed by atoms with Crippen molar-refractivity contribution in [2.24, 2.45) is 56.2 Å². The van der Waals surface area contributed by atoms with Gasteiger partial charge in [0.25, 0.3) is 0 Å². The second-order valence-electron chi connectivity index (χ2n) is 10.0. The predicted octanol–water partition coefficient (Wildman–Crippen LogP) is 3.41. The molecule has 4 saturated carbocycles. The van der Waals surface area contributed by atoms with E-state index in [0.29, 0.717) is 5.41 Å². The van der Waals surface area contributed by atoms with Crippen molar-refractivity contribution >= 4 is 46.1 Å². The van der Waals surface area contributed by atoms with E-state index >= 15 is 0 Å². The Morgan fingerprint density at radius 1 is 0.931 bits per heavy atom. The van der Waals surface area contributed by atoms with Crippen LogP contribution in [0.15, 0.2) is 10.2 Å². The number of nitrogens with zero attached hydrogens (tertiary/aromatic N) is 2. The lowest BCUT2D eigenvalue weighted by Crippen LogP contribution is -2.53. The first-order valence-corrected chi connectivity index (χ1v) is 11.8. The molecule has 0 heterocycles. The van der Waals surface area contributed by atoms with Crippen molar-refractivity contribution in [3.63, 3.8) is 0 Å². The standard InChI is InChI=1S/C21H34N6S2/c1-20-9-7-13(24-26-18(22)28)11-12(20)3-4-14-15-5-6-17(25-27-19(23)29)21(15,2)10-8-16(14)20/h12,14-16H,3-11H2,1-2H3,(H3,22,26,28)(H3,23,27,29)/b24-13-,25-17+/t12-,14-,15+,16-,20-,21-/m0/s1. The lowest BCUT2D eigenvalue weighted by atomic mass is 9.45. The number of hydrazone groups is 2. The molecule has 0 unspecified atom stereocenters. The summed E-state index contributed by atoms with van der Waals surface area (Å²) in [6.45, 7) is 5.00. The molecule has 0 aliphatic heterocycles. The van der Waals surface area contributed by atoms with Gasteiger partial charge in [0.15, 0.2) is 10.2 Å². The maximum absolute atomic E-state index is 5.61. The summed E-state index contributed by atoms with van der Waals surface area (Å²) in [6, 6.07) is 0. The van der Waals surface area contributed by atoms with E-state index in [4.69, 9.17) is 35.9 Å². The number of hydrogen-bond acceptors (Lipinski definition) is 4. The molecular formula is C21H34N6S2. The third kappa shape index (κ3) is 3.67. The lowest BCUT2D eigenvalue weighted by molar-refractivity contribution is -0.0815. The molecule has 4 rings (SSSR count). The van der Waals surface area contributed by atoms with E-state index in [1.807, 2.05) is 0 Å². The number of hydrogen-bond donors (Lipinski definition) is 4. The average Bonchev–Trinajstić information content (AvgIpc) is 3.01. The SMILES string of the molecule is C[C@]12CC/C(=N/NC(N)=S)C[C@@H]1CC[C@H]1[C@H]3CC/C(=N\NC(N)=S)[C@@]3(C)CC[C@@H]12. The van der Waals surface area contributed by atoms with Gasteiger partial charge in [0.1, 0.15) is 0 Å². The van der Waals surface area contributed by atoms with E-state index in [1.165, 1.54) is 49.9 Å². The summed E-state index contributed by atoms with van der Waals surface area (Å²) in [5, 5.41) is 9.61. The second-order valence-corrected chi connectivity index (χ2v) is 10.9. The zero-order valence-corrected chi connectivity index (χ0v) is 19.2. The van der Waals surface area contributed by atoms with E-state index in [0.717, 1.165) is 42.9 Å². The Morgan fingerprint density at radius 2 is 1.66 bits per heavy atom.